The summed E-state index contributed by atoms with van der Waals surface area (Å²) in [6.45, 7) is 0.0905. The lowest BCUT2D eigenvalue weighted by atomic mass is 10.2. The zero-order chi connectivity index (χ0) is 21.6. The number of halogens is 1. The molecule has 6 nitrogen and oxygen atoms in total. The zero-order valence-corrected chi connectivity index (χ0v) is 17.7. The van der Waals surface area contributed by atoms with Gasteiger partial charge in [-0.1, -0.05) is 52.8 Å². The Morgan fingerprint density at radius 1 is 1.03 bits per heavy atom. The van der Waals surface area contributed by atoms with E-state index in [1.165, 1.54) is 11.8 Å². The van der Waals surface area contributed by atoms with E-state index < -0.39 is 0 Å². The molecule has 1 amide bonds. The summed E-state index contributed by atoms with van der Waals surface area (Å²) in [4.78, 5) is 18.6. The van der Waals surface area contributed by atoms with Crippen molar-refractivity contribution in [3.8, 4) is 17.5 Å². The molecule has 4 rings (SSSR count). The van der Waals surface area contributed by atoms with E-state index in [1.807, 2.05) is 30.3 Å². The Bertz CT molecular complexity index is 1270. The normalized spacial score (nSPS) is 10.5. The number of nitriles is 1. The Morgan fingerprint density at radius 3 is 2.52 bits per heavy atom. The molecule has 0 saturated heterocycles. The molecule has 0 unspecified atom stereocenters. The van der Waals surface area contributed by atoms with Crippen molar-refractivity contribution in [1.29, 1.82) is 5.26 Å². The molecule has 152 valence electrons. The molecule has 0 aliphatic carbocycles. The van der Waals surface area contributed by atoms with Crippen molar-refractivity contribution in [3.63, 3.8) is 0 Å². The summed E-state index contributed by atoms with van der Waals surface area (Å²) in [6, 6.07) is 23.7. The van der Waals surface area contributed by atoms with Crippen LogP contribution >= 0.6 is 23.4 Å². The third kappa shape index (κ3) is 4.94. The lowest BCUT2D eigenvalue weighted by molar-refractivity contribution is 0.0943. The Kier molecular flexibility index (Phi) is 6.32. The average molecular weight is 447 g/mol. The number of benzene rings is 3. The number of rotatable bonds is 6. The minimum absolute atomic E-state index is 0.0905. The van der Waals surface area contributed by atoms with E-state index in [9.17, 15) is 10.1 Å². The van der Waals surface area contributed by atoms with Gasteiger partial charge in [0.1, 0.15) is 6.07 Å². The smallest absolute Gasteiger partial charge is 0.252 e. The quantitative estimate of drug-likeness (QED) is 0.429. The monoisotopic (exact) mass is 446 g/mol. The van der Waals surface area contributed by atoms with Gasteiger partial charge < -0.3 is 9.84 Å². The molecule has 8 heteroatoms. The number of nitrogens with zero attached hydrogens (tertiary/aromatic N) is 3. The van der Waals surface area contributed by atoms with Crippen LogP contribution in [-0.4, -0.2) is 16.0 Å². The van der Waals surface area contributed by atoms with Crippen molar-refractivity contribution in [2.45, 2.75) is 16.3 Å². The lowest BCUT2D eigenvalue weighted by Gasteiger charge is -2.09. The van der Waals surface area contributed by atoms with Gasteiger partial charge in [-0.2, -0.15) is 10.2 Å². The highest BCUT2D eigenvalue weighted by Crippen LogP contribution is 2.32. The number of nitrogens with one attached hydrogen (secondary N) is 1. The molecule has 0 bridgehead atoms. The highest BCUT2D eigenvalue weighted by molar-refractivity contribution is 7.99. The van der Waals surface area contributed by atoms with Crippen molar-refractivity contribution in [1.82, 2.24) is 15.5 Å². The van der Waals surface area contributed by atoms with Gasteiger partial charge in [-0.25, -0.2) is 0 Å². The van der Waals surface area contributed by atoms with Crippen molar-refractivity contribution in [2.75, 3.05) is 0 Å². The minimum atomic E-state index is -0.274. The first-order valence-electron chi connectivity index (χ1n) is 9.27. The minimum Gasteiger partial charge on any atom is -0.343 e. The number of aromatic nitrogens is 2. The Balaban J connectivity index is 1.46. The molecule has 0 aliphatic heterocycles. The second kappa shape index (κ2) is 9.47. The number of amides is 1. The second-order valence-electron chi connectivity index (χ2n) is 6.41. The summed E-state index contributed by atoms with van der Waals surface area (Å²) >= 11 is 7.27. The molecule has 0 fully saturated rings. The van der Waals surface area contributed by atoms with Gasteiger partial charge in [0.25, 0.3) is 5.91 Å². The molecule has 0 atom stereocenters. The highest BCUT2D eigenvalue weighted by Gasteiger charge is 2.15. The molecule has 1 heterocycles. The van der Waals surface area contributed by atoms with Gasteiger partial charge in [-0.05, 0) is 48.5 Å². The maximum atomic E-state index is 12.8. The Morgan fingerprint density at radius 2 is 1.74 bits per heavy atom. The van der Waals surface area contributed by atoms with Crippen LogP contribution in [0.2, 0.25) is 5.02 Å². The van der Waals surface area contributed by atoms with Crippen LogP contribution in [0.15, 0.2) is 87.1 Å². The Hall–Kier alpha value is -3.60. The van der Waals surface area contributed by atoms with Crippen LogP contribution in [0.4, 0.5) is 0 Å². The number of carbonyl (C=O) groups is 1. The third-order valence-electron chi connectivity index (χ3n) is 4.33. The fourth-order valence-electron chi connectivity index (χ4n) is 2.80. The average Bonchev–Trinajstić information content (AvgIpc) is 3.28. The molecule has 0 saturated carbocycles. The van der Waals surface area contributed by atoms with Gasteiger partial charge in [-0.3, -0.25) is 4.79 Å². The van der Waals surface area contributed by atoms with Crippen LogP contribution in [0.25, 0.3) is 11.4 Å². The SMILES string of the molecule is N#Cc1ccccc1Sc1ccccc1C(=O)NCc1nc(-c2ccc(Cl)cc2)no1. The molecule has 1 aromatic heterocycles. The molecule has 0 radical (unpaired) electrons. The van der Waals surface area contributed by atoms with E-state index in [1.54, 1.807) is 42.5 Å². The molecular formula is C23H15ClN4O2S. The molecule has 0 spiro atoms. The van der Waals surface area contributed by atoms with E-state index in [-0.39, 0.29) is 12.5 Å². The fraction of sp³-hybridized carbons (Fsp3) is 0.0435. The maximum absolute atomic E-state index is 12.8. The standard InChI is InChI=1S/C23H15ClN4O2S/c24-17-11-9-15(10-12-17)22-27-21(30-28-22)14-26-23(29)18-6-2-4-8-20(18)31-19-7-3-1-5-16(19)13-25/h1-12H,14H2,(H,26,29). The second-order valence-corrected chi connectivity index (χ2v) is 7.93. The molecule has 3 aromatic carbocycles. The molecule has 31 heavy (non-hydrogen) atoms. The zero-order valence-electron chi connectivity index (χ0n) is 16.1. The predicted octanol–water partition coefficient (Wildman–Crippen LogP) is 5.34. The number of carbonyl (C=O) groups excluding carboxylic acids is 1. The van der Waals surface area contributed by atoms with Gasteiger partial charge in [-0.15, -0.1) is 0 Å². The van der Waals surface area contributed by atoms with Gasteiger partial charge in [0, 0.05) is 20.4 Å². The largest absolute Gasteiger partial charge is 0.343 e. The predicted molar refractivity (Wildman–Crippen MR) is 118 cm³/mol. The van der Waals surface area contributed by atoms with Crippen LogP contribution in [0.1, 0.15) is 21.8 Å². The number of hydrogen-bond acceptors (Lipinski definition) is 6. The topological polar surface area (TPSA) is 91.8 Å². The highest BCUT2D eigenvalue weighted by atomic mass is 35.5. The van der Waals surface area contributed by atoms with E-state index >= 15 is 0 Å². The van der Waals surface area contributed by atoms with Crippen LogP contribution < -0.4 is 5.32 Å². The third-order valence-corrected chi connectivity index (χ3v) is 5.73. The number of hydrogen-bond donors (Lipinski definition) is 1. The lowest BCUT2D eigenvalue weighted by Crippen LogP contribution is -2.23. The van der Waals surface area contributed by atoms with Crippen LogP contribution in [0, 0.1) is 11.3 Å². The van der Waals surface area contributed by atoms with Crippen LogP contribution in [0.3, 0.4) is 0 Å². The Labute approximate surface area is 187 Å². The molecule has 1 N–H and O–H groups in total. The van der Waals surface area contributed by atoms with Gasteiger partial charge in [0.2, 0.25) is 11.7 Å². The van der Waals surface area contributed by atoms with Crippen molar-refractivity contribution in [3.05, 3.63) is 94.8 Å². The molecular weight excluding hydrogens is 432 g/mol. The van der Waals surface area contributed by atoms with Gasteiger partial charge in [0.05, 0.1) is 17.7 Å². The van der Waals surface area contributed by atoms with Crippen molar-refractivity contribution in [2.24, 2.45) is 0 Å². The van der Waals surface area contributed by atoms with E-state index in [4.69, 9.17) is 16.1 Å². The van der Waals surface area contributed by atoms with Gasteiger partial charge >= 0.3 is 0 Å². The van der Waals surface area contributed by atoms with E-state index in [0.29, 0.717) is 27.9 Å². The summed E-state index contributed by atoms with van der Waals surface area (Å²) in [7, 11) is 0. The fourth-order valence-corrected chi connectivity index (χ4v) is 3.95. The summed E-state index contributed by atoms with van der Waals surface area (Å²) in [5.74, 6) is 0.437. The first kappa shape index (κ1) is 20.7. The van der Waals surface area contributed by atoms with Gasteiger partial charge in [0.15, 0.2) is 0 Å². The first-order chi connectivity index (χ1) is 15.1. The maximum Gasteiger partial charge on any atom is 0.252 e. The molecule has 4 aromatic rings. The van der Waals surface area contributed by atoms with Crippen molar-refractivity contribution < 1.29 is 9.32 Å². The van der Waals surface area contributed by atoms with Crippen LogP contribution in [-0.2, 0) is 6.54 Å². The summed E-state index contributed by atoms with van der Waals surface area (Å²) in [6.07, 6.45) is 0. The van der Waals surface area contributed by atoms with Crippen molar-refractivity contribution >= 4 is 29.3 Å². The first-order valence-corrected chi connectivity index (χ1v) is 10.5. The summed E-state index contributed by atoms with van der Waals surface area (Å²) in [5, 5.41) is 16.7. The van der Waals surface area contributed by atoms with Crippen LogP contribution in [0.5, 0.6) is 0 Å². The summed E-state index contributed by atoms with van der Waals surface area (Å²) in [5.41, 5.74) is 1.82. The summed E-state index contributed by atoms with van der Waals surface area (Å²) < 4.78 is 5.24. The van der Waals surface area contributed by atoms with E-state index in [0.717, 1.165) is 15.4 Å². The van der Waals surface area contributed by atoms with E-state index in [2.05, 4.69) is 21.5 Å². The molecule has 0 aliphatic rings.